The number of hydrogen-bond acceptors (Lipinski definition) is 1. The summed E-state index contributed by atoms with van der Waals surface area (Å²) < 4.78 is 0. The first-order chi connectivity index (χ1) is 12.9. The minimum atomic E-state index is -1.75. The van der Waals surface area contributed by atoms with Crippen LogP contribution in [-0.4, -0.2) is 28.2 Å². The molecule has 2 aliphatic rings. The maximum atomic E-state index is 12.7. The predicted molar refractivity (Wildman–Crippen MR) is 130 cm³/mol. The van der Waals surface area contributed by atoms with Crippen molar-refractivity contribution in [2.24, 2.45) is 5.73 Å². The Kier molecular flexibility index (Phi) is 4.14. The van der Waals surface area contributed by atoms with Gasteiger partial charge < -0.3 is 5.73 Å². The largest absolute Gasteiger partial charge is 0.366 e. The second-order valence-corrected chi connectivity index (χ2v) is 37.4. The summed E-state index contributed by atoms with van der Waals surface area (Å²) in [5, 5.41) is 2.99. The zero-order valence-corrected chi connectivity index (χ0v) is 21.2. The molecule has 0 spiro atoms. The highest BCUT2D eigenvalue weighted by atomic mass is 29.6. The molecule has 1 aliphatic carbocycles. The monoisotopic (exact) mass is 421 g/mol. The number of hydrogen-bond donors (Lipinski definition) is 1. The van der Waals surface area contributed by atoms with E-state index >= 15 is 0 Å². The minimum Gasteiger partial charge on any atom is -0.366 e. The van der Waals surface area contributed by atoms with Crippen LogP contribution in [0.5, 0.6) is 0 Å². The van der Waals surface area contributed by atoms with Crippen molar-refractivity contribution < 1.29 is 4.79 Å². The standard InChI is InChI=1S/C23H31NOSi3/c1-15-20-14-19(23(24)25)21(18-13-9-11-16-10-8-12-17(16)18)22(15)27(4,5)28(6,7)26(20,2)3/h8-9,11-14H,10H2,1-7H3,(H2,24,25). The maximum Gasteiger partial charge on any atom is 0.249 e. The highest BCUT2D eigenvalue weighted by Crippen LogP contribution is 2.40. The second-order valence-electron chi connectivity index (χ2n) is 10.1. The van der Waals surface area contributed by atoms with Crippen LogP contribution in [0, 0.1) is 6.92 Å². The number of carbonyl (C=O) groups is 1. The highest BCUT2D eigenvalue weighted by Gasteiger charge is 2.59. The van der Waals surface area contributed by atoms with Gasteiger partial charge in [0.1, 0.15) is 0 Å². The number of fused-ring (bicyclic) bond motifs is 3. The molecule has 2 aromatic carbocycles. The molecule has 0 radical (unpaired) electrons. The Morgan fingerprint density at radius 1 is 1.04 bits per heavy atom. The van der Waals surface area contributed by atoms with Gasteiger partial charge in [-0.05, 0) is 41.7 Å². The summed E-state index contributed by atoms with van der Waals surface area (Å²) in [6.45, 7) is 17.7. The van der Waals surface area contributed by atoms with Gasteiger partial charge >= 0.3 is 0 Å². The second kappa shape index (κ2) is 5.91. The molecule has 2 nitrogen and oxygen atoms in total. The molecule has 0 unspecified atom stereocenters. The van der Waals surface area contributed by atoms with E-state index in [2.05, 4.69) is 82.6 Å². The van der Waals surface area contributed by atoms with Crippen LogP contribution < -0.4 is 16.1 Å². The number of primary amides is 1. The van der Waals surface area contributed by atoms with Gasteiger partial charge in [0.25, 0.3) is 0 Å². The molecular formula is C23H31NOSi3. The van der Waals surface area contributed by atoms with Crippen LogP contribution in [-0.2, 0) is 6.42 Å². The number of benzene rings is 2. The lowest BCUT2D eigenvalue weighted by Crippen LogP contribution is -2.83. The van der Waals surface area contributed by atoms with E-state index in [0.717, 1.165) is 17.5 Å². The number of allylic oxidation sites excluding steroid dienone is 1. The molecule has 1 amide bonds. The van der Waals surface area contributed by atoms with E-state index in [9.17, 15) is 4.79 Å². The molecule has 28 heavy (non-hydrogen) atoms. The fourth-order valence-electron chi connectivity index (χ4n) is 5.63. The van der Waals surface area contributed by atoms with Crippen molar-refractivity contribution in [3.8, 4) is 11.1 Å². The highest BCUT2D eigenvalue weighted by molar-refractivity contribution is 7.74. The zero-order chi connectivity index (χ0) is 20.6. The van der Waals surface area contributed by atoms with Crippen LogP contribution >= 0.6 is 0 Å². The molecule has 2 N–H and O–H groups in total. The normalized spacial score (nSPS) is 20.1. The molecular weight excluding hydrogens is 391 g/mol. The van der Waals surface area contributed by atoms with Crippen LogP contribution in [0.2, 0.25) is 39.3 Å². The number of carbonyl (C=O) groups excluding carboxylic acids is 1. The minimum absolute atomic E-state index is 0.284. The SMILES string of the molecule is Cc1c2cc(C(N)=O)c(-c3cccc4c3C=CC4)c1[Si](C)(C)[Si](C)(C)[Si]2(C)C. The molecule has 2 aromatic rings. The van der Waals surface area contributed by atoms with Gasteiger partial charge in [-0.15, -0.1) is 0 Å². The fourth-order valence-corrected chi connectivity index (χ4v) is 38.8. The fraction of sp³-hybridized carbons (Fsp3) is 0.348. The van der Waals surface area contributed by atoms with Crippen molar-refractivity contribution in [2.75, 3.05) is 0 Å². The van der Waals surface area contributed by atoms with E-state index in [0.29, 0.717) is 0 Å². The van der Waals surface area contributed by atoms with E-state index in [4.69, 9.17) is 5.73 Å². The summed E-state index contributed by atoms with van der Waals surface area (Å²) >= 11 is 0. The molecule has 1 heterocycles. The molecule has 146 valence electrons. The number of amides is 1. The smallest absolute Gasteiger partial charge is 0.249 e. The van der Waals surface area contributed by atoms with E-state index in [1.807, 2.05) is 0 Å². The Bertz CT molecular complexity index is 1060. The summed E-state index contributed by atoms with van der Waals surface area (Å²) in [6, 6.07) is 8.73. The van der Waals surface area contributed by atoms with Crippen molar-refractivity contribution in [1.29, 1.82) is 0 Å². The first-order valence-electron chi connectivity index (χ1n) is 10.2. The molecule has 4 rings (SSSR count). The Labute approximate surface area is 171 Å². The van der Waals surface area contributed by atoms with E-state index in [1.165, 1.54) is 32.6 Å². The van der Waals surface area contributed by atoms with Gasteiger partial charge in [-0.2, -0.15) is 0 Å². The third-order valence-electron chi connectivity index (χ3n) is 8.36. The van der Waals surface area contributed by atoms with E-state index in [-0.39, 0.29) is 5.91 Å². The molecule has 1 aliphatic heterocycles. The van der Waals surface area contributed by atoms with Crippen LogP contribution in [0.1, 0.15) is 27.0 Å². The summed E-state index contributed by atoms with van der Waals surface area (Å²) in [4.78, 5) is 12.7. The van der Waals surface area contributed by atoms with Gasteiger partial charge in [-0.3, -0.25) is 4.79 Å². The van der Waals surface area contributed by atoms with Crippen LogP contribution in [0.25, 0.3) is 17.2 Å². The van der Waals surface area contributed by atoms with E-state index < -0.39 is 22.3 Å². The van der Waals surface area contributed by atoms with Gasteiger partial charge in [-0.25, -0.2) is 0 Å². The van der Waals surface area contributed by atoms with Crippen molar-refractivity contribution in [1.82, 2.24) is 0 Å². The van der Waals surface area contributed by atoms with Gasteiger partial charge in [-0.1, -0.05) is 85.6 Å². The lowest BCUT2D eigenvalue weighted by atomic mass is 9.91. The topological polar surface area (TPSA) is 43.1 Å². The number of rotatable bonds is 2. The third-order valence-corrected chi connectivity index (χ3v) is 49.9. The Hall–Kier alpha value is -1.70. The first-order valence-corrected chi connectivity index (χ1v) is 21.2. The van der Waals surface area contributed by atoms with Gasteiger partial charge in [0.15, 0.2) is 0 Å². The quantitative estimate of drug-likeness (QED) is 0.731. The van der Waals surface area contributed by atoms with Crippen molar-refractivity contribution in [3.05, 3.63) is 52.6 Å². The molecule has 2 bridgehead atoms. The molecule has 0 saturated carbocycles. The molecule has 0 saturated heterocycles. The van der Waals surface area contributed by atoms with Crippen LogP contribution in [0.4, 0.5) is 0 Å². The van der Waals surface area contributed by atoms with Crippen molar-refractivity contribution in [2.45, 2.75) is 52.6 Å². The molecule has 0 fully saturated rings. The molecule has 0 aromatic heterocycles. The molecule has 0 atom stereocenters. The lowest BCUT2D eigenvalue weighted by molar-refractivity contribution is 0.100. The average molecular weight is 422 g/mol. The Balaban J connectivity index is 2.20. The lowest BCUT2D eigenvalue weighted by Gasteiger charge is -2.55. The third kappa shape index (κ3) is 2.27. The first kappa shape index (κ1) is 19.6. The maximum absolute atomic E-state index is 12.7. The number of nitrogens with two attached hydrogens (primary N) is 1. The van der Waals surface area contributed by atoms with Crippen LogP contribution in [0.15, 0.2) is 30.3 Å². The van der Waals surface area contributed by atoms with Crippen LogP contribution in [0.3, 0.4) is 0 Å². The zero-order valence-electron chi connectivity index (χ0n) is 18.2. The summed E-state index contributed by atoms with van der Waals surface area (Å²) in [5.74, 6) is -0.284. The van der Waals surface area contributed by atoms with Crippen molar-refractivity contribution >= 4 is 44.6 Å². The summed E-state index contributed by atoms with van der Waals surface area (Å²) in [7, 11) is -4.88. The van der Waals surface area contributed by atoms with Gasteiger partial charge in [0.05, 0.1) is 15.2 Å². The Morgan fingerprint density at radius 3 is 2.36 bits per heavy atom. The molecule has 5 heteroatoms. The van der Waals surface area contributed by atoms with Gasteiger partial charge in [0, 0.05) is 12.7 Å². The van der Waals surface area contributed by atoms with Gasteiger partial charge in [0.2, 0.25) is 5.91 Å². The summed E-state index contributed by atoms with van der Waals surface area (Å²) in [6.07, 6.45) is 5.43. The van der Waals surface area contributed by atoms with E-state index in [1.54, 1.807) is 0 Å². The average Bonchev–Trinajstić information content (AvgIpc) is 3.08. The predicted octanol–water partition coefficient (Wildman–Crippen LogP) is 4.04. The van der Waals surface area contributed by atoms with Crippen molar-refractivity contribution in [3.63, 3.8) is 0 Å². The Morgan fingerprint density at radius 2 is 1.71 bits per heavy atom. The summed E-state index contributed by atoms with van der Waals surface area (Å²) in [5.41, 5.74) is 13.2.